The second kappa shape index (κ2) is 8.38. The first kappa shape index (κ1) is 18.5. The van der Waals surface area contributed by atoms with Gasteiger partial charge in [0.15, 0.2) is 0 Å². The van der Waals surface area contributed by atoms with Crippen LogP contribution in [0.3, 0.4) is 0 Å². The van der Waals surface area contributed by atoms with Crippen molar-refractivity contribution >= 4 is 23.0 Å². The van der Waals surface area contributed by atoms with E-state index in [1.807, 2.05) is 25.1 Å². The van der Waals surface area contributed by atoms with Gasteiger partial charge in [-0.15, -0.1) is 0 Å². The lowest BCUT2D eigenvalue weighted by Gasteiger charge is -2.36. The molecular weight excluding hydrogens is 354 g/mol. The Hall–Kier alpha value is -2.31. The van der Waals surface area contributed by atoms with Gasteiger partial charge in [0.25, 0.3) is 5.69 Å². The Morgan fingerprint density at radius 3 is 2.58 bits per heavy atom. The van der Waals surface area contributed by atoms with Crippen molar-refractivity contribution in [2.24, 2.45) is 0 Å². The first-order valence-corrected chi connectivity index (χ1v) is 9.08. The molecule has 26 heavy (non-hydrogen) atoms. The Bertz CT molecular complexity index is 776. The predicted octanol–water partition coefficient (Wildman–Crippen LogP) is 3.97. The van der Waals surface area contributed by atoms with Gasteiger partial charge in [-0.25, -0.2) is 0 Å². The Kier molecular flexibility index (Phi) is 5.96. The van der Waals surface area contributed by atoms with Crippen molar-refractivity contribution < 1.29 is 9.66 Å². The fraction of sp³-hybridized carbons (Fsp3) is 0.368. The van der Waals surface area contributed by atoms with Gasteiger partial charge in [0, 0.05) is 49.9 Å². The molecule has 0 N–H and O–H groups in total. The molecule has 2 aromatic carbocycles. The minimum absolute atomic E-state index is 0.0775. The zero-order valence-electron chi connectivity index (χ0n) is 14.7. The molecule has 138 valence electrons. The van der Waals surface area contributed by atoms with E-state index in [2.05, 4.69) is 15.9 Å². The number of halogens is 1. The normalized spacial score (nSPS) is 15.1. The van der Waals surface area contributed by atoms with E-state index < -0.39 is 0 Å². The number of rotatable bonds is 6. The van der Waals surface area contributed by atoms with Crippen LogP contribution in [0.1, 0.15) is 12.5 Å². The number of hydrogen-bond donors (Lipinski definition) is 0. The molecule has 0 bridgehead atoms. The number of anilines is 1. The lowest BCUT2D eigenvalue weighted by molar-refractivity contribution is -0.384. The topological polar surface area (TPSA) is 58.8 Å². The lowest BCUT2D eigenvalue weighted by atomic mass is 10.1. The molecule has 0 unspecified atom stereocenters. The van der Waals surface area contributed by atoms with Gasteiger partial charge < -0.3 is 9.64 Å². The van der Waals surface area contributed by atoms with Crippen LogP contribution in [0.2, 0.25) is 5.02 Å². The van der Waals surface area contributed by atoms with Gasteiger partial charge in [0.1, 0.15) is 5.75 Å². The van der Waals surface area contributed by atoms with Crippen LogP contribution in [0.25, 0.3) is 0 Å². The zero-order valence-corrected chi connectivity index (χ0v) is 15.5. The second-order valence-corrected chi connectivity index (χ2v) is 6.60. The summed E-state index contributed by atoms with van der Waals surface area (Å²) >= 11 is 6.22. The van der Waals surface area contributed by atoms with Crippen LogP contribution in [0.4, 0.5) is 11.4 Å². The summed E-state index contributed by atoms with van der Waals surface area (Å²) in [5.41, 5.74) is 1.99. The molecule has 1 heterocycles. The Morgan fingerprint density at radius 1 is 1.15 bits per heavy atom. The largest absolute Gasteiger partial charge is 0.492 e. The predicted molar refractivity (Wildman–Crippen MR) is 103 cm³/mol. The zero-order chi connectivity index (χ0) is 18.5. The third kappa shape index (κ3) is 4.26. The van der Waals surface area contributed by atoms with E-state index in [4.69, 9.17) is 16.3 Å². The van der Waals surface area contributed by atoms with Gasteiger partial charge in [-0.05, 0) is 30.7 Å². The SMILES string of the molecule is CCOc1ccccc1N1CCN(Cc2cc([N+](=O)[O-])ccc2Cl)CC1. The van der Waals surface area contributed by atoms with Gasteiger partial charge in [-0.1, -0.05) is 23.7 Å². The van der Waals surface area contributed by atoms with Crippen molar-refractivity contribution in [2.75, 3.05) is 37.7 Å². The highest BCUT2D eigenvalue weighted by molar-refractivity contribution is 6.31. The molecule has 1 aliphatic heterocycles. The van der Waals surface area contributed by atoms with Crippen LogP contribution < -0.4 is 9.64 Å². The number of para-hydroxylation sites is 2. The Labute approximate surface area is 158 Å². The number of non-ortho nitro benzene ring substituents is 1. The highest BCUT2D eigenvalue weighted by atomic mass is 35.5. The van der Waals surface area contributed by atoms with Crippen molar-refractivity contribution in [1.82, 2.24) is 4.90 Å². The maximum absolute atomic E-state index is 11.0. The number of benzene rings is 2. The first-order valence-electron chi connectivity index (χ1n) is 8.70. The molecule has 0 radical (unpaired) electrons. The molecule has 0 saturated carbocycles. The standard InChI is InChI=1S/C19H22ClN3O3/c1-2-26-19-6-4-3-5-18(19)22-11-9-21(10-12-22)14-15-13-16(23(24)25)7-8-17(15)20/h3-8,13H,2,9-12,14H2,1H3. The molecule has 7 heteroatoms. The van der Waals surface area contributed by atoms with Gasteiger partial charge in [-0.3, -0.25) is 15.0 Å². The smallest absolute Gasteiger partial charge is 0.269 e. The minimum Gasteiger partial charge on any atom is -0.492 e. The van der Waals surface area contributed by atoms with E-state index in [0.29, 0.717) is 18.2 Å². The maximum atomic E-state index is 11.0. The average molecular weight is 376 g/mol. The fourth-order valence-electron chi connectivity index (χ4n) is 3.18. The van der Waals surface area contributed by atoms with Crippen molar-refractivity contribution in [1.29, 1.82) is 0 Å². The van der Waals surface area contributed by atoms with Gasteiger partial charge in [0.2, 0.25) is 0 Å². The summed E-state index contributed by atoms with van der Waals surface area (Å²) in [7, 11) is 0. The summed E-state index contributed by atoms with van der Waals surface area (Å²) in [5.74, 6) is 0.908. The van der Waals surface area contributed by atoms with Gasteiger partial charge in [-0.2, -0.15) is 0 Å². The van der Waals surface area contributed by atoms with Crippen molar-refractivity contribution in [3.63, 3.8) is 0 Å². The summed E-state index contributed by atoms with van der Waals surface area (Å²) in [6.45, 7) is 6.70. The highest BCUT2D eigenvalue weighted by Gasteiger charge is 2.21. The van der Waals surface area contributed by atoms with E-state index in [9.17, 15) is 10.1 Å². The average Bonchev–Trinajstić information content (AvgIpc) is 2.65. The Morgan fingerprint density at radius 2 is 1.88 bits per heavy atom. The monoisotopic (exact) mass is 375 g/mol. The van der Waals surface area contributed by atoms with Gasteiger partial charge >= 0.3 is 0 Å². The van der Waals surface area contributed by atoms with Crippen LogP contribution in [-0.4, -0.2) is 42.6 Å². The number of hydrogen-bond acceptors (Lipinski definition) is 5. The van der Waals surface area contributed by atoms with Crippen LogP contribution in [0.15, 0.2) is 42.5 Å². The number of piperazine rings is 1. The van der Waals surface area contributed by atoms with Crippen molar-refractivity contribution in [2.45, 2.75) is 13.5 Å². The Balaban J connectivity index is 1.65. The summed E-state index contributed by atoms with van der Waals surface area (Å²) in [6.07, 6.45) is 0. The third-order valence-electron chi connectivity index (χ3n) is 4.51. The third-order valence-corrected chi connectivity index (χ3v) is 4.88. The molecule has 1 aliphatic rings. The highest BCUT2D eigenvalue weighted by Crippen LogP contribution is 2.29. The molecule has 0 amide bonds. The summed E-state index contributed by atoms with van der Waals surface area (Å²) < 4.78 is 5.73. The van der Waals surface area contributed by atoms with Gasteiger partial charge in [0.05, 0.1) is 17.2 Å². The maximum Gasteiger partial charge on any atom is 0.269 e. The molecule has 2 aromatic rings. The second-order valence-electron chi connectivity index (χ2n) is 6.20. The molecule has 1 saturated heterocycles. The molecule has 0 atom stereocenters. The number of nitro groups is 1. The molecule has 1 fully saturated rings. The van der Waals surface area contributed by atoms with E-state index in [0.717, 1.165) is 43.2 Å². The molecule has 6 nitrogen and oxygen atoms in total. The fourth-order valence-corrected chi connectivity index (χ4v) is 3.36. The lowest BCUT2D eigenvalue weighted by Crippen LogP contribution is -2.46. The molecular formula is C19H22ClN3O3. The molecule has 3 rings (SSSR count). The van der Waals surface area contributed by atoms with E-state index >= 15 is 0 Å². The van der Waals surface area contributed by atoms with Crippen LogP contribution in [-0.2, 0) is 6.54 Å². The summed E-state index contributed by atoms with van der Waals surface area (Å²) in [6, 6.07) is 12.7. The number of ether oxygens (including phenoxy) is 1. The van der Waals surface area contributed by atoms with Crippen LogP contribution in [0, 0.1) is 10.1 Å². The number of nitrogens with zero attached hydrogens (tertiary/aromatic N) is 3. The number of nitro benzene ring substituents is 1. The quantitative estimate of drug-likeness (QED) is 0.564. The van der Waals surface area contributed by atoms with Crippen molar-refractivity contribution in [3.8, 4) is 5.75 Å². The van der Waals surface area contributed by atoms with E-state index in [-0.39, 0.29) is 10.6 Å². The summed E-state index contributed by atoms with van der Waals surface area (Å²) in [4.78, 5) is 15.2. The molecule has 0 aromatic heterocycles. The molecule has 0 aliphatic carbocycles. The van der Waals surface area contributed by atoms with Crippen LogP contribution in [0.5, 0.6) is 5.75 Å². The summed E-state index contributed by atoms with van der Waals surface area (Å²) in [5, 5.41) is 11.5. The molecule has 0 spiro atoms. The van der Waals surface area contributed by atoms with E-state index in [1.165, 1.54) is 6.07 Å². The first-order chi connectivity index (χ1) is 12.6. The van der Waals surface area contributed by atoms with Crippen molar-refractivity contribution in [3.05, 3.63) is 63.2 Å². The minimum atomic E-state index is -0.386. The van der Waals surface area contributed by atoms with E-state index in [1.54, 1.807) is 12.1 Å². The van der Waals surface area contributed by atoms with Crippen LogP contribution >= 0.6 is 11.6 Å².